The molecule has 3 aromatic rings. The summed E-state index contributed by atoms with van der Waals surface area (Å²) in [5.74, 6) is -0.841. The monoisotopic (exact) mass is 337 g/mol. The van der Waals surface area contributed by atoms with Gasteiger partial charge in [-0.1, -0.05) is 30.3 Å². The first-order chi connectivity index (χ1) is 12.0. The maximum Gasteiger partial charge on any atom is 0.311 e. The minimum atomic E-state index is -0.881. The van der Waals surface area contributed by atoms with E-state index in [2.05, 4.69) is 5.32 Å². The molecule has 2 aromatic carbocycles. The highest BCUT2D eigenvalue weighted by atomic mass is 16.5. The lowest BCUT2D eigenvalue weighted by atomic mass is 10.1. The first-order valence-electron chi connectivity index (χ1n) is 8.05. The average Bonchev–Trinajstić information content (AvgIpc) is 2.97. The molecule has 0 radical (unpaired) electrons. The van der Waals surface area contributed by atoms with E-state index in [1.165, 1.54) is 0 Å². The van der Waals surface area contributed by atoms with Crippen molar-refractivity contribution >= 4 is 28.5 Å². The number of para-hydroxylation sites is 1. The highest BCUT2D eigenvalue weighted by Crippen LogP contribution is 2.23. The van der Waals surface area contributed by atoms with E-state index in [9.17, 15) is 9.59 Å². The topological polar surface area (TPSA) is 68.5 Å². The molecular formula is C20H19NO4. The molecule has 0 saturated carbocycles. The van der Waals surface area contributed by atoms with Crippen LogP contribution in [0.15, 0.2) is 59.2 Å². The molecule has 3 rings (SSSR count). The zero-order chi connectivity index (χ0) is 17.8. The fourth-order valence-electron chi connectivity index (χ4n) is 2.54. The molecule has 1 heterocycles. The Labute approximate surface area is 145 Å². The number of hydrogen-bond donors (Lipinski definition) is 1. The first-order valence-corrected chi connectivity index (χ1v) is 8.05. The van der Waals surface area contributed by atoms with E-state index in [1.807, 2.05) is 43.3 Å². The Morgan fingerprint density at radius 3 is 2.68 bits per heavy atom. The van der Waals surface area contributed by atoms with Crippen molar-refractivity contribution in [3.8, 4) is 0 Å². The van der Waals surface area contributed by atoms with E-state index in [4.69, 9.17) is 9.15 Å². The molecule has 25 heavy (non-hydrogen) atoms. The van der Waals surface area contributed by atoms with Crippen molar-refractivity contribution in [3.05, 3.63) is 65.9 Å². The second-order valence-electron chi connectivity index (χ2n) is 5.92. The molecule has 1 N–H and O–H groups in total. The van der Waals surface area contributed by atoms with Gasteiger partial charge < -0.3 is 14.5 Å². The number of fused-ring (bicyclic) bond motifs is 1. The smallest absolute Gasteiger partial charge is 0.311 e. The van der Waals surface area contributed by atoms with Gasteiger partial charge in [-0.15, -0.1) is 0 Å². The van der Waals surface area contributed by atoms with Crippen LogP contribution >= 0.6 is 0 Å². The Hall–Kier alpha value is -3.08. The van der Waals surface area contributed by atoms with Crippen molar-refractivity contribution in [2.24, 2.45) is 0 Å². The molecule has 5 nitrogen and oxygen atoms in total. The number of anilines is 1. The largest absolute Gasteiger partial charge is 0.464 e. The first kappa shape index (κ1) is 16.8. The number of nitrogens with one attached hydrogen (secondary N) is 1. The van der Waals surface area contributed by atoms with Gasteiger partial charge in [-0.25, -0.2) is 0 Å². The van der Waals surface area contributed by atoms with Crippen LogP contribution in [0.4, 0.5) is 5.69 Å². The summed E-state index contributed by atoms with van der Waals surface area (Å²) in [5, 5.41) is 3.59. The zero-order valence-corrected chi connectivity index (χ0v) is 14.1. The summed E-state index contributed by atoms with van der Waals surface area (Å²) in [6, 6.07) is 14.8. The highest BCUT2D eigenvalue weighted by molar-refractivity contribution is 5.95. The lowest BCUT2D eigenvalue weighted by molar-refractivity contribution is -0.152. The third-order valence-corrected chi connectivity index (χ3v) is 3.86. The van der Waals surface area contributed by atoms with Crippen LogP contribution < -0.4 is 5.32 Å². The maximum absolute atomic E-state index is 12.1. The van der Waals surface area contributed by atoms with E-state index >= 15 is 0 Å². The zero-order valence-electron chi connectivity index (χ0n) is 14.1. The molecule has 1 unspecified atom stereocenters. The van der Waals surface area contributed by atoms with Gasteiger partial charge in [0.05, 0.1) is 12.7 Å². The highest BCUT2D eigenvalue weighted by Gasteiger charge is 2.19. The number of carbonyl (C=O) groups excluding carboxylic acids is 2. The molecule has 1 amide bonds. The van der Waals surface area contributed by atoms with Crippen molar-refractivity contribution in [2.75, 3.05) is 5.32 Å². The van der Waals surface area contributed by atoms with Gasteiger partial charge in [-0.05, 0) is 37.6 Å². The Morgan fingerprint density at radius 2 is 1.92 bits per heavy atom. The predicted octanol–water partition coefficient (Wildman–Crippen LogP) is 3.85. The molecule has 0 fully saturated rings. The van der Waals surface area contributed by atoms with Gasteiger partial charge in [0.2, 0.25) is 0 Å². The molecule has 0 saturated heterocycles. The third-order valence-electron chi connectivity index (χ3n) is 3.86. The third kappa shape index (κ3) is 4.07. The summed E-state index contributed by atoms with van der Waals surface area (Å²) >= 11 is 0. The summed E-state index contributed by atoms with van der Waals surface area (Å²) in [7, 11) is 0. The van der Waals surface area contributed by atoms with E-state index in [1.54, 1.807) is 25.3 Å². The summed E-state index contributed by atoms with van der Waals surface area (Å²) in [6.07, 6.45) is 0.729. The van der Waals surface area contributed by atoms with Crippen LogP contribution in [0.3, 0.4) is 0 Å². The van der Waals surface area contributed by atoms with Crippen LogP contribution in [0, 0.1) is 6.92 Å². The van der Waals surface area contributed by atoms with E-state index in [-0.39, 0.29) is 12.3 Å². The number of hydrogen-bond acceptors (Lipinski definition) is 4. The second kappa shape index (κ2) is 7.21. The number of furan rings is 1. The second-order valence-corrected chi connectivity index (χ2v) is 5.92. The lowest BCUT2D eigenvalue weighted by Gasteiger charge is -2.13. The lowest BCUT2D eigenvalue weighted by Crippen LogP contribution is -2.30. The number of esters is 1. The SMILES string of the molecule is Cc1ccc2c(CC(=O)OC(C)C(=O)Nc3ccccc3)coc2c1. The number of aryl methyl sites for hydroxylation is 1. The summed E-state index contributed by atoms with van der Waals surface area (Å²) in [6.45, 7) is 3.52. The van der Waals surface area contributed by atoms with Gasteiger partial charge in [-0.2, -0.15) is 0 Å². The van der Waals surface area contributed by atoms with Crippen molar-refractivity contribution in [1.29, 1.82) is 0 Å². The van der Waals surface area contributed by atoms with Crippen molar-refractivity contribution in [1.82, 2.24) is 0 Å². The number of amides is 1. The minimum absolute atomic E-state index is 0.0546. The molecule has 0 aliphatic carbocycles. The molecule has 0 aliphatic heterocycles. The van der Waals surface area contributed by atoms with Gasteiger partial charge in [-0.3, -0.25) is 9.59 Å². The predicted molar refractivity (Wildman–Crippen MR) is 95.3 cm³/mol. The molecule has 0 spiro atoms. The molecule has 5 heteroatoms. The van der Waals surface area contributed by atoms with Crippen LogP contribution in [0.1, 0.15) is 18.1 Å². The molecule has 128 valence electrons. The summed E-state index contributed by atoms with van der Waals surface area (Å²) in [4.78, 5) is 24.2. The van der Waals surface area contributed by atoms with E-state index in [0.717, 1.165) is 22.1 Å². The summed E-state index contributed by atoms with van der Waals surface area (Å²) < 4.78 is 10.7. The van der Waals surface area contributed by atoms with Gasteiger partial charge in [0.15, 0.2) is 6.10 Å². The van der Waals surface area contributed by atoms with E-state index in [0.29, 0.717) is 5.69 Å². The van der Waals surface area contributed by atoms with Crippen molar-refractivity contribution < 1.29 is 18.7 Å². The maximum atomic E-state index is 12.1. The Morgan fingerprint density at radius 1 is 1.16 bits per heavy atom. The number of benzene rings is 2. The van der Waals surface area contributed by atoms with Gasteiger partial charge in [0, 0.05) is 16.6 Å². The molecule has 0 bridgehead atoms. The number of rotatable bonds is 5. The van der Waals surface area contributed by atoms with Crippen LogP contribution in [-0.4, -0.2) is 18.0 Å². The van der Waals surface area contributed by atoms with Crippen LogP contribution in [-0.2, 0) is 20.7 Å². The van der Waals surface area contributed by atoms with Crippen molar-refractivity contribution in [3.63, 3.8) is 0 Å². The van der Waals surface area contributed by atoms with Crippen molar-refractivity contribution in [2.45, 2.75) is 26.4 Å². The van der Waals surface area contributed by atoms with Gasteiger partial charge in [0.1, 0.15) is 5.58 Å². The normalized spacial score (nSPS) is 11.9. The number of carbonyl (C=O) groups is 2. The Balaban J connectivity index is 1.60. The molecule has 0 aliphatic rings. The Kier molecular flexibility index (Phi) is 4.84. The van der Waals surface area contributed by atoms with Crippen LogP contribution in [0.2, 0.25) is 0 Å². The molecule has 1 aromatic heterocycles. The van der Waals surface area contributed by atoms with Crippen LogP contribution in [0.5, 0.6) is 0 Å². The molecular weight excluding hydrogens is 318 g/mol. The van der Waals surface area contributed by atoms with Gasteiger partial charge in [0.25, 0.3) is 5.91 Å². The summed E-state index contributed by atoms with van der Waals surface area (Å²) in [5.41, 5.74) is 3.22. The quantitative estimate of drug-likeness (QED) is 0.718. The Bertz CT molecular complexity index is 898. The fraction of sp³-hybridized carbons (Fsp3) is 0.200. The molecule has 1 atom stereocenters. The standard InChI is InChI=1S/C20H19NO4/c1-13-8-9-17-15(12-24-18(17)10-13)11-19(22)25-14(2)20(23)21-16-6-4-3-5-7-16/h3-10,12,14H,11H2,1-2H3,(H,21,23). The fourth-order valence-corrected chi connectivity index (χ4v) is 2.54. The number of ether oxygens (including phenoxy) is 1. The van der Waals surface area contributed by atoms with E-state index < -0.39 is 12.1 Å². The van der Waals surface area contributed by atoms with Crippen LogP contribution in [0.25, 0.3) is 11.0 Å². The van der Waals surface area contributed by atoms with Gasteiger partial charge >= 0.3 is 5.97 Å². The average molecular weight is 337 g/mol. The minimum Gasteiger partial charge on any atom is -0.464 e.